The Morgan fingerprint density at radius 3 is 2.50 bits per heavy atom. The van der Waals surface area contributed by atoms with E-state index in [9.17, 15) is 4.79 Å². The number of methoxy groups -OCH3 is 1. The molecule has 0 spiro atoms. The Bertz CT molecular complexity index is 785. The largest absolute Gasteiger partial charge is 0.493 e. The van der Waals surface area contributed by atoms with Crippen molar-refractivity contribution in [3.8, 4) is 11.5 Å². The number of ether oxygens (including phenoxy) is 2. The lowest BCUT2D eigenvalue weighted by molar-refractivity contribution is 0.0950. The number of carbonyl (C=O) groups is 1. The van der Waals surface area contributed by atoms with Gasteiger partial charge in [-0.3, -0.25) is 9.69 Å². The van der Waals surface area contributed by atoms with E-state index >= 15 is 0 Å². The Balaban J connectivity index is 1.64. The molecule has 0 aliphatic carbocycles. The molecule has 5 heteroatoms. The van der Waals surface area contributed by atoms with Crippen molar-refractivity contribution in [3.05, 3.63) is 59.2 Å². The van der Waals surface area contributed by atoms with Crippen LogP contribution in [0.3, 0.4) is 0 Å². The predicted octanol–water partition coefficient (Wildman–Crippen LogP) is 4.01. The first-order valence-corrected chi connectivity index (χ1v) is 10.1. The fourth-order valence-corrected chi connectivity index (χ4v) is 3.60. The molecule has 0 aromatic heterocycles. The first-order valence-electron chi connectivity index (χ1n) is 10.1. The Morgan fingerprint density at radius 1 is 1.04 bits per heavy atom. The summed E-state index contributed by atoms with van der Waals surface area (Å²) in [4.78, 5) is 15.1. The molecule has 1 saturated heterocycles. The van der Waals surface area contributed by atoms with Crippen molar-refractivity contribution in [2.75, 3.05) is 26.8 Å². The summed E-state index contributed by atoms with van der Waals surface area (Å²) in [5, 5.41) is 3.04. The van der Waals surface area contributed by atoms with E-state index in [4.69, 9.17) is 9.47 Å². The highest BCUT2D eigenvalue weighted by molar-refractivity contribution is 5.94. The summed E-state index contributed by atoms with van der Waals surface area (Å²) in [7, 11) is 1.58. The molecular weight excluding hydrogens is 352 g/mol. The van der Waals surface area contributed by atoms with Gasteiger partial charge in [-0.25, -0.2) is 0 Å². The molecule has 0 radical (unpaired) electrons. The van der Waals surface area contributed by atoms with Crippen LogP contribution in [0.4, 0.5) is 0 Å². The van der Waals surface area contributed by atoms with E-state index in [0.29, 0.717) is 30.2 Å². The van der Waals surface area contributed by atoms with Crippen molar-refractivity contribution in [2.24, 2.45) is 0 Å². The molecule has 0 unspecified atom stereocenters. The molecule has 1 heterocycles. The van der Waals surface area contributed by atoms with Crippen molar-refractivity contribution in [1.82, 2.24) is 10.2 Å². The summed E-state index contributed by atoms with van der Waals surface area (Å²) in [5.74, 6) is 1.10. The van der Waals surface area contributed by atoms with Crippen LogP contribution in [0.1, 0.15) is 47.7 Å². The van der Waals surface area contributed by atoms with E-state index in [0.717, 1.165) is 19.6 Å². The number of carbonyl (C=O) groups excluding carboxylic acids is 1. The van der Waals surface area contributed by atoms with Crippen molar-refractivity contribution in [3.63, 3.8) is 0 Å². The second-order valence-electron chi connectivity index (χ2n) is 7.09. The molecule has 2 aromatic rings. The van der Waals surface area contributed by atoms with Crippen LogP contribution in [0.25, 0.3) is 0 Å². The summed E-state index contributed by atoms with van der Waals surface area (Å²) in [5.41, 5.74) is 3.02. The third-order valence-corrected chi connectivity index (χ3v) is 5.13. The average molecular weight is 383 g/mol. The van der Waals surface area contributed by atoms with Crippen LogP contribution in [0, 0.1) is 0 Å². The molecule has 0 saturated carbocycles. The Morgan fingerprint density at radius 2 is 1.79 bits per heavy atom. The SMILES string of the molecule is CCOc1ccc(C(=O)NCc2ccccc2CN2CCCCC2)cc1OC. The molecule has 1 aliphatic heterocycles. The fraction of sp³-hybridized carbons (Fsp3) is 0.435. The van der Waals surface area contributed by atoms with Gasteiger partial charge in [0, 0.05) is 18.7 Å². The molecule has 0 bridgehead atoms. The zero-order valence-corrected chi connectivity index (χ0v) is 16.9. The summed E-state index contributed by atoms with van der Waals surface area (Å²) >= 11 is 0. The summed E-state index contributed by atoms with van der Waals surface area (Å²) < 4.78 is 10.9. The molecule has 28 heavy (non-hydrogen) atoms. The van der Waals surface area contributed by atoms with E-state index < -0.39 is 0 Å². The first kappa shape index (κ1) is 20.2. The normalized spacial score (nSPS) is 14.5. The molecule has 3 rings (SSSR count). The van der Waals surface area contributed by atoms with Gasteiger partial charge in [0.15, 0.2) is 11.5 Å². The average Bonchev–Trinajstić information content (AvgIpc) is 2.74. The quantitative estimate of drug-likeness (QED) is 0.749. The number of benzene rings is 2. The topological polar surface area (TPSA) is 50.8 Å². The zero-order chi connectivity index (χ0) is 19.8. The van der Waals surface area contributed by atoms with Crippen molar-refractivity contribution in [1.29, 1.82) is 0 Å². The van der Waals surface area contributed by atoms with Crippen LogP contribution in [0.15, 0.2) is 42.5 Å². The highest BCUT2D eigenvalue weighted by atomic mass is 16.5. The maximum atomic E-state index is 12.6. The van der Waals surface area contributed by atoms with Crippen LogP contribution >= 0.6 is 0 Å². The Labute approximate surface area is 167 Å². The number of hydrogen-bond acceptors (Lipinski definition) is 4. The number of piperidine rings is 1. The molecule has 1 amide bonds. The summed E-state index contributed by atoms with van der Waals surface area (Å²) in [6, 6.07) is 13.6. The fourth-order valence-electron chi connectivity index (χ4n) is 3.60. The minimum atomic E-state index is -0.117. The number of hydrogen-bond donors (Lipinski definition) is 1. The Hall–Kier alpha value is -2.53. The van der Waals surface area contributed by atoms with Gasteiger partial charge in [0.1, 0.15) is 0 Å². The lowest BCUT2D eigenvalue weighted by atomic mass is 10.0. The van der Waals surface area contributed by atoms with E-state index in [1.807, 2.05) is 13.0 Å². The Kier molecular flexibility index (Phi) is 7.31. The molecule has 0 atom stereocenters. The molecule has 1 aliphatic rings. The van der Waals surface area contributed by atoms with Gasteiger partial charge in [-0.05, 0) is 62.2 Å². The van der Waals surface area contributed by atoms with Gasteiger partial charge in [-0.1, -0.05) is 30.7 Å². The zero-order valence-electron chi connectivity index (χ0n) is 16.9. The first-order chi connectivity index (χ1) is 13.7. The standard InChI is InChI=1S/C23H30N2O3/c1-3-28-21-12-11-18(15-22(21)27-2)23(26)24-16-19-9-5-6-10-20(19)17-25-13-7-4-8-14-25/h5-6,9-12,15H,3-4,7-8,13-14,16-17H2,1-2H3,(H,24,26). The minimum absolute atomic E-state index is 0.117. The highest BCUT2D eigenvalue weighted by Gasteiger charge is 2.14. The minimum Gasteiger partial charge on any atom is -0.493 e. The van der Waals surface area contributed by atoms with Crippen LogP contribution < -0.4 is 14.8 Å². The smallest absolute Gasteiger partial charge is 0.251 e. The van der Waals surface area contributed by atoms with Crippen molar-refractivity contribution >= 4 is 5.91 Å². The monoisotopic (exact) mass is 382 g/mol. The second kappa shape index (κ2) is 10.1. The summed E-state index contributed by atoms with van der Waals surface area (Å²) in [6.45, 7) is 6.25. The van der Waals surface area contributed by atoms with Crippen LogP contribution in [-0.2, 0) is 13.1 Å². The van der Waals surface area contributed by atoms with E-state index in [1.54, 1.807) is 25.3 Å². The third kappa shape index (κ3) is 5.26. The number of rotatable bonds is 8. The molecule has 5 nitrogen and oxygen atoms in total. The lowest BCUT2D eigenvalue weighted by Crippen LogP contribution is -2.30. The predicted molar refractivity (Wildman–Crippen MR) is 111 cm³/mol. The van der Waals surface area contributed by atoms with Gasteiger partial charge in [0.25, 0.3) is 5.91 Å². The highest BCUT2D eigenvalue weighted by Crippen LogP contribution is 2.28. The number of likely N-dealkylation sites (tertiary alicyclic amines) is 1. The van der Waals surface area contributed by atoms with Gasteiger partial charge in [0.05, 0.1) is 13.7 Å². The van der Waals surface area contributed by atoms with Crippen LogP contribution in [-0.4, -0.2) is 37.6 Å². The van der Waals surface area contributed by atoms with E-state index in [-0.39, 0.29) is 5.91 Å². The van der Waals surface area contributed by atoms with Crippen LogP contribution in [0.2, 0.25) is 0 Å². The van der Waals surface area contributed by atoms with Gasteiger partial charge in [-0.15, -0.1) is 0 Å². The van der Waals surface area contributed by atoms with Crippen LogP contribution in [0.5, 0.6) is 11.5 Å². The second-order valence-corrected chi connectivity index (χ2v) is 7.09. The lowest BCUT2D eigenvalue weighted by Gasteiger charge is -2.27. The number of amides is 1. The maximum absolute atomic E-state index is 12.6. The summed E-state index contributed by atoms with van der Waals surface area (Å²) in [6.07, 6.45) is 3.89. The van der Waals surface area contributed by atoms with Gasteiger partial charge < -0.3 is 14.8 Å². The van der Waals surface area contributed by atoms with Gasteiger partial charge >= 0.3 is 0 Å². The number of nitrogens with zero attached hydrogens (tertiary/aromatic N) is 1. The van der Waals surface area contributed by atoms with Gasteiger partial charge in [0.2, 0.25) is 0 Å². The number of nitrogens with one attached hydrogen (secondary N) is 1. The molecular formula is C23H30N2O3. The van der Waals surface area contributed by atoms with E-state index in [1.165, 1.54) is 30.4 Å². The maximum Gasteiger partial charge on any atom is 0.251 e. The van der Waals surface area contributed by atoms with E-state index in [2.05, 4.69) is 28.4 Å². The molecule has 1 fully saturated rings. The van der Waals surface area contributed by atoms with Crippen molar-refractivity contribution in [2.45, 2.75) is 39.3 Å². The third-order valence-electron chi connectivity index (χ3n) is 5.13. The molecule has 2 aromatic carbocycles. The van der Waals surface area contributed by atoms with Gasteiger partial charge in [-0.2, -0.15) is 0 Å². The molecule has 150 valence electrons. The molecule has 1 N–H and O–H groups in total. The van der Waals surface area contributed by atoms with Crippen molar-refractivity contribution < 1.29 is 14.3 Å².